The minimum atomic E-state index is 1.21. The molecule has 0 saturated heterocycles. The summed E-state index contributed by atoms with van der Waals surface area (Å²) in [5.74, 6) is 1.56. The Balaban J connectivity index is 2.19. The average molecular weight is 364 g/mol. The van der Waals surface area contributed by atoms with Crippen molar-refractivity contribution in [3.63, 3.8) is 0 Å². The summed E-state index contributed by atoms with van der Waals surface area (Å²) in [6.45, 7) is 9.32. The van der Waals surface area contributed by atoms with E-state index in [-0.39, 0.29) is 0 Å². The summed E-state index contributed by atoms with van der Waals surface area (Å²) >= 11 is 0. The van der Waals surface area contributed by atoms with Crippen molar-refractivity contribution in [2.45, 2.75) is 137 Å². The van der Waals surface area contributed by atoms with Crippen LogP contribution in [0.5, 0.6) is 0 Å². The van der Waals surface area contributed by atoms with Gasteiger partial charge in [-0.05, 0) is 32.1 Å². The fourth-order valence-electron chi connectivity index (χ4n) is 3.89. The monoisotopic (exact) mass is 363 g/mol. The zero-order chi connectivity index (χ0) is 18.9. The van der Waals surface area contributed by atoms with Gasteiger partial charge in [0.2, 0.25) is 0 Å². The number of nitrogens with zero attached hydrogens (tertiary/aromatic N) is 2. The Morgan fingerprint density at radius 1 is 0.654 bits per heavy atom. The minimum Gasteiger partial charge on any atom is -0.234 e. The molecule has 0 aliphatic rings. The molecule has 1 aromatic heterocycles. The summed E-state index contributed by atoms with van der Waals surface area (Å²) in [5.41, 5.74) is 0. The highest BCUT2D eigenvalue weighted by Gasteiger charge is 2.15. The van der Waals surface area contributed by atoms with Crippen LogP contribution in [-0.2, 0) is 19.5 Å². The van der Waals surface area contributed by atoms with Gasteiger partial charge in [-0.3, -0.25) is 0 Å². The second-order valence-electron chi connectivity index (χ2n) is 8.09. The third kappa shape index (κ3) is 10.4. The van der Waals surface area contributed by atoms with Gasteiger partial charge in [-0.15, -0.1) is 0 Å². The van der Waals surface area contributed by atoms with Crippen LogP contribution in [0.4, 0.5) is 0 Å². The smallest absolute Gasteiger partial charge is 0.234 e. The van der Waals surface area contributed by atoms with E-state index in [4.69, 9.17) is 0 Å². The molecule has 0 aliphatic carbocycles. The molecular formula is C24H47N2+. The third-order valence-electron chi connectivity index (χ3n) is 5.57. The molecule has 0 atom stereocenters. The molecule has 1 heterocycles. The maximum absolute atomic E-state index is 2.54. The lowest BCUT2D eigenvalue weighted by atomic mass is 10.1. The number of rotatable bonds is 18. The van der Waals surface area contributed by atoms with Crippen molar-refractivity contribution >= 4 is 0 Å². The largest absolute Gasteiger partial charge is 0.256 e. The number of unbranched alkanes of at least 4 members (excludes halogenated alkanes) is 12. The van der Waals surface area contributed by atoms with E-state index < -0.39 is 0 Å². The van der Waals surface area contributed by atoms with E-state index in [1.807, 2.05) is 0 Å². The molecule has 0 N–H and O–H groups in total. The molecule has 0 radical (unpaired) electrons. The third-order valence-corrected chi connectivity index (χ3v) is 5.57. The molecule has 0 aliphatic heterocycles. The number of hydrogen-bond donors (Lipinski definition) is 0. The van der Waals surface area contributed by atoms with E-state index in [9.17, 15) is 0 Å². The molecule has 0 fully saturated rings. The second-order valence-corrected chi connectivity index (χ2v) is 8.09. The second kappa shape index (κ2) is 16.4. The van der Waals surface area contributed by atoms with Crippen molar-refractivity contribution in [1.29, 1.82) is 0 Å². The molecule has 2 heteroatoms. The summed E-state index contributed by atoms with van der Waals surface area (Å²) in [4.78, 5) is 0. The number of imidazole rings is 1. The van der Waals surface area contributed by atoms with E-state index >= 15 is 0 Å². The van der Waals surface area contributed by atoms with Crippen LogP contribution in [0.15, 0.2) is 12.4 Å². The standard InChI is InChI=1S/C24H47N2/c1-4-7-9-11-12-13-14-15-16-18-21-26-23-22-25(24(26)19-6-3)20-17-10-8-5-2/h22-23H,4-21H2,1-3H3/q+1. The van der Waals surface area contributed by atoms with Crippen molar-refractivity contribution < 1.29 is 4.57 Å². The van der Waals surface area contributed by atoms with E-state index in [0.29, 0.717) is 0 Å². The Labute approximate surface area is 164 Å². The summed E-state index contributed by atoms with van der Waals surface area (Å²) < 4.78 is 5.06. The number of hydrogen-bond acceptors (Lipinski definition) is 0. The van der Waals surface area contributed by atoms with Crippen LogP contribution in [0.1, 0.15) is 123 Å². The van der Waals surface area contributed by atoms with Gasteiger partial charge in [-0.2, -0.15) is 0 Å². The lowest BCUT2D eigenvalue weighted by Gasteiger charge is -2.05. The van der Waals surface area contributed by atoms with Crippen LogP contribution in [0.3, 0.4) is 0 Å². The topological polar surface area (TPSA) is 8.81 Å². The molecule has 0 unspecified atom stereocenters. The Morgan fingerprint density at radius 3 is 1.77 bits per heavy atom. The Morgan fingerprint density at radius 2 is 1.19 bits per heavy atom. The van der Waals surface area contributed by atoms with Gasteiger partial charge in [0.05, 0.1) is 13.1 Å². The maximum atomic E-state index is 2.54. The average Bonchev–Trinajstić information content (AvgIpc) is 3.02. The first kappa shape index (κ1) is 23.2. The van der Waals surface area contributed by atoms with Gasteiger partial charge >= 0.3 is 0 Å². The van der Waals surface area contributed by atoms with Crippen LogP contribution in [0.25, 0.3) is 0 Å². The van der Waals surface area contributed by atoms with E-state index in [1.165, 1.54) is 116 Å². The molecule has 0 spiro atoms. The Hall–Kier alpha value is -0.790. The van der Waals surface area contributed by atoms with Gasteiger partial charge in [-0.25, -0.2) is 9.13 Å². The first-order valence-corrected chi connectivity index (χ1v) is 11.9. The first-order chi connectivity index (χ1) is 12.8. The molecular weight excluding hydrogens is 316 g/mol. The van der Waals surface area contributed by atoms with Crippen LogP contribution < -0.4 is 4.57 Å². The lowest BCUT2D eigenvalue weighted by Crippen LogP contribution is -2.37. The number of aryl methyl sites for hydroxylation is 2. The quantitative estimate of drug-likeness (QED) is 0.192. The molecule has 1 aromatic rings. The highest BCUT2D eigenvalue weighted by Crippen LogP contribution is 2.11. The van der Waals surface area contributed by atoms with Crippen molar-refractivity contribution in [3.05, 3.63) is 18.2 Å². The zero-order valence-corrected chi connectivity index (χ0v) is 18.3. The Kier molecular flexibility index (Phi) is 14.7. The van der Waals surface area contributed by atoms with E-state index in [1.54, 1.807) is 5.82 Å². The predicted molar refractivity (Wildman–Crippen MR) is 115 cm³/mol. The zero-order valence-electron chi connectivity index (χ0n) is 18.3. The summed E-state index contributed by atoms with van der Waals surface area (Å²) in [6.07, 6.45) is 26.7. The molecule has 152 valence electrons. The van der Waals surface area contributed by atoms with Gasteiger partial charge < -0.3 is 0 Å². The fourth-order valence-corrected chi connectivity index (χ4v) is 3.89. The normalized spacial score (nSPS) is 11.3. The van der Waals surface area contributed by atoms with Gasteiger partial charge in [0, 0.05) is 6.42 Å². The van der Waals surface area contributed by atoms with Crippen LogP contribution >= 0.6 is 0 Å². The lowest BCUT2D eigenvalue weighted by molar-refractivity contribution is -0.704. The van der Waals surface area contributed by atoms with Gasteiger partial charge in [0.15, 0.2) is 0 Å². The number of aromatic nitrogens is 2. The van der Waals surface area contributed by atoms with E-state index in [2.05, 4.69) is 42.3 Å². The molecule has 0 aromatic carbocycles. The van der Waals surface area contributed by atoms with Gasteiger partial charge in [0.25, 0.3) is 5.82 Å². The Bertz CT molecular complexity index is 422. The van der Waals surface area contributed by atoms with E-state index in [0.717, 1.165) is 0 Å². The SMILES string of the molecule is CCCCCCCCCCCC[n+]1ccn(CCCCCC)c1CCC. The van der Waals surface area contributed by atoms with Crippen LogP contribution in [-0.4, -0.2) is 4.57 Å². The summed E-state index contributed by atoms with van der Waals surface area (Å²) in [5, 5.41) is 0. The van der Waals surface area contributed by atoms with Gasteiger partial charge in [-0.1, -0.05) is 85.0 Å². The van der Waals surface area contributed by atoms with Crippen molar-refractivity contribution in [2.24, 2.45) is 0 Å². The summed E-state index contributed by atoms with van der Waals surface area (Å²) in [7, 11) is 0. The first-order valence-electron chi connectivity index (χ1n) is 11.9. The molecule has 26 heavy (non-hydrogen) atoms. The molecule has 0 bridgehead atoms. The molecule has 0 amide bonds. The van der Waals surface area contributed by atoms with Crippen LogP contribution in [0.2, 0.25) is 0 Å². The van der Waals surface area contributed by atoms with Crippen molar-refractivity contribution in [3.8, 4) is 0 Å². The van der Waals surface area contributed by atoms with Crippen LogP contribution in [0, 0.1) is 0 Å². The highest BCUT2D eigenvalue weighted by atomic mass is 15.1. The summed E-state index contributed by atoms with van der Waals surface area (Å²) in [6, 6.07) is 0. The van der Waals surface area contributed by atoms with Crippen molar-refractivity contribution in [2.75, 3.05) is 0 Å². The molecule has 2 nitrogen and oxygen atoms in total. The maximum Gasteiger partial charge on any atom is 0.256 e. The fraction of sp³-hybridized carbons (Fsp3) is 0.875. The minimum absolute atomic E-state index is 1.21. The van der Waals surface area contributed by atoms with Gasteiger partial charge in [0.1, 0.15) is 12.4 Å². The molecule has 0 saturated carbocycles. The highest BCUT2D eigenvalue weighted by molar-refractivity contribution is 4.84. The predicted octanol–water partition coefficient (Wildman–Crippen LogP) is 7.23. The molecule has 1 rings (SSSR count). The van der Waals surface area contributed by atoms with Crippen molar-refractivity contribution in [1.82, 2.24) is 4.57 Å².